The van der Waals surface area contributed by atoms with E-state index in [4.69, 9.17) is 17.3 Å². The van der Waals surface area contributed by atoms with E-state index in [9.17, 15) is 4.79 Å². The van der Waals surface area contributed by atoms with Crippen LogP contribution in [-0.2, 0) is 6.54 Å². The lowest BCUT2D eigenvalue weighted by molar-refractivity contribution is 0.100. The monoisotopic (exact) mass is 252 g/mol. The van der Waals surface area contributed by atoms with Crippen LogP contribution in [0.25, 0.3) is 11.0 Å². The first-order valence-electron chi connectivity index (χ1n) is 5.37. The first-order valence-corrected chi connectivity index (χ1v) is 5.75. The average molecular weight is 253 g/mol. The van der Waals surface area contributed by atoms with Crippen molar-refractivity contribution in [2.24, 2.45) is 5.73 Å². The minimum Gasteiger partial charge on any atom is -0.366 e. The molecule has 0 fully saturated rings. The van der Waals surface area contributed by atoms with Crippen LogP contribution >= 0.6 is 11.6 Å². The third-order valence-electron chi connectivity index (χ3n) is 2.57. The molecule has 2 rings (SSSR count). The molecule has 0 atom stereocenters. The van der Waals surface area contributed by atoms with Gasteiger partial charge in [0.05, 0.1) is 21.7 Å². The number of halogens is 1. The van der Waals surface area contributed by atoms with Gasteiger partial charge in [-0.1, -0.05) is 18.5 Å². The standard InChI is InChI=1S/C11H13ClN4O/c1-3-4-16-11-8(6(2)15-16)9(12)7(5-14-11)10(13)17/h5H,3-4H2,1-2H3,(H2,13,17). The topological polar surface area (TPSA) is 73.8 Å². The molecule has 90 valence electrons. The molecule has 2 aromatic rings. The molecule has 0 aliphatic rings. The van der Waals surface area contributed by atoms with Gasteiger partial charge in [-0.25, -0.2) is 9.67 Å². The predicted octanol–water partition coefficient (Wildman–Crippen LogP) is 1.90. The fourth-order valence-corrected chi connectivity index (χ4v) is 2.18. The van der Waals surface area contributed by atoms with Crippen molar-refractivity contribution in [2.45, 2.75) is 26.8 Å². The molecular weight excluding hydrogens is 240 g/mol. The van der Waals surface area contributed by atoms with Crippen LogP contribution in [0.4, 0.5) is 0 Å². The van der Waals surface area contributed by atoms with Crippen molar-refractivity contribution in [3.05, 3.63) is 22.5 Å². The van der Waals surface area contributed by atoms with E-state index < -0.39 is 5.91 Å². The molecule has 2 aromatic heterocycles. The smallest absolute Gasteiger partial charge is 0.251 e. The number of amides is 1. The second-order valence-electron chi connectivity index (χ2n) is 3.86. The third kappa shape index (κ3) is 1.86. The van der Waals surface area contributed by atoms with Crippen molar-refractivity contribution in [3.63, 3.8) is 0 Å². The fraction of sp³-hybridized carbons (Fsp3) is 0.364. The lowest BCUT2D eigenvalue weighted by Gasteiger charge is -2.02. The summed E-state index contributed by atoms with van der Waals surface area (Å²) in [7, 11) is 0. The molecule has 0 radical (unpaired) electrons. The van der Waals surface area contributed by atoms with E-state index in [1.165, 1.54) is 6.20 Å². The first kappa shape index (κ1) is 11.9. The highest BCUT2D eigenvalue weighted by molar-refractivity contribution is 6.38. The van der Waals surface area contributed by atoms with Crippen molar-refractivity contribution in [3.8, 4) is 0 Å². The zero-order valence-corrected chi connectivity index (χ0v) is 10.5. The quantitative estimate of drug-likeness (QED) is 0.907. The van der Waals surface area contributed by atoms with Gasteiger partial charge in [-0.15, -0.1) is 0 Å². The van der Waals surface area contributed by atoms with Crippen LogP contribution < -0.4 is 5.73 Å². The number of carbonyl (C=O) groups is 1. The summed E-state index contributed by atoms with van der Waals surface area (Å²) in [6.07, 6.45) is 2.35. The highest BCUT2D eigenvalue weighted by atomic mass is 35.5. The summed E-state index contributed by atoms with van der Waals surface area (Å²) in [6, 6.07) is 0. The summed E-state index contributed by atoms with van der Waals surface area (Å²) in [5.74, 6) is -0.577. The van der Waals surface area contributed by atoms with E-state index in [-0.39, 0.29) is 5.56 Å². The van der Waals surface area contributed by atoms with Crippen molar-refractivity contribution in [1.29, 1.82) is 0 Å². The van der Waals surface area contributed by atoms with Gasteiger partial charge in [0, 0.05) is 12.7 Å². The lowest BCUT2D eigenvalue weighted by Crippen LogP contribution is -2.12. The molecular formula is C11H13ClN4O. The number of hydrogen-bond donors (Lipinski definition) is 1. The van der Waals surface area contributed by atoms with E-state index in [1.807, 2.05) is 6.92 Å². The van der Waals surface area contributed by atoms with Crippen LogP contribution in [0.15, 0.2) is 6.20 Å². The Hall–Kier alpha value is -1.62. The maximum absolute atomic E-state index is 11.2. The Balaban J connectivity index is 2.74. The SMILES string of the molecule is CCCn1nc(C)c2c(Cl)c(C(N)=O)cnc21. The number of pyridine rings is 1. The van der Waals surface area contributed by atoms with Gasteiger partial charge in [0.25, 0.3) is 5.91 Å². The Morgan fingerprint density at radius 3 is 2.88 bits per heavy atom. The molecule has 1 amide bonds. The molecule has 2 heterocycles. The normalized spacial score (nSPS) is 11.0. The molecule has 5 nitrogen and oxygen atoms in total. The number of hydrogen-bond acceptors (Lipinski definition) is 3. The van der Waals surface area contributed by atoms with Crippen LogP contribution in [0.3, 0.4) is 0 Å². The number of aromatic nitrogens is 3. The van der Waals surface area contributed by atoms with Crippen molar-refractivity contribution < 1.29 is 4.79 Å². The molecule has 0 aromatic carbocycles. The molecule has 0 spiro atoms. The minimum atomic E-state index is -0.577. The van der Waals surface area contributed by atoms with E-state index in [1.54, 1.807) is 4.68 Å². The number of aryl methyl sites for hydroxylation is 2. The number of rotatable bonds is 3. The summed E-state index contributed by atoms with van der Waals surface area (Å²) >= 11 is 6.16. The number of carbonyl (C=O) groups excluding carboxylic acids is 1. The molecule has 0 aliphatic carbocycles. The average Bonchev–Trinajstić information content (AvgIpc) is 2.57. The van der Waals surface area contributed by atoms with Gasteiger partial charge in [-0.05, 0) is 13.3 Å². The maximum atomic E-state index is 11.2. The summed E-state index contributed by atoms with van der Waals surface area (Å²) < 4.78 is 1.79. The molecule has 0 bridgehead atoms. The molecule has 17 heavy (non-hydrogen) atoms. The fourth-order valence-electron chi connectivity index (χ4n) is 1.81. The van der Waals surface area contributed by atoms with Gasteiger partial charge in [0.15, 0.2) is 5.65 Å². The zero-order valence-electron chi connectivity index (χ0n) is 9.70. The Morgan fingerprint density at radius 2 is 2.29 bits per heavy atom. The molecule has 0 unspecified atom stereocenters. The number of nitrogens with two attached hydrogens (primary N) is 1. The van der Waals surface area contributed by atoms with Crippen LogP contribution in [0.2, 0.25) is 5.02 Å². The van der Waals surface area contributed by atoms with E-state index in [0.717, 1.165) is 18.7 Å². The van der Waals surface area contributed by atoms with Gasteiger partial charge in [-0.2, -0.15) is 5.10 Å². The highest BCUT2D eigenvalue weighted by Gasteiger charge is 2.17. The van der Waals surface area contributed by atoms with E-state index in [2.05, 4.69) is 17.0 Å². The largest absolute Gasteiger partial charge is 0.366 e. The Kier molecular flexibility index (Phi) is 3.02. The zero-order chi connectivity index (χ0) is 12.6. The van der Waals surface area contributed by atoms with Gasteiger partial charge in [0.1, 0.15) is 0 Å². The number of primary amides is 1. The Labute approximate surface area is 104 Å². The molecule has 2 N–H and O–H groups in total. The highest BCUT2D eigenvalue weighted by Crippen LogP contribution is 2.28. The Bertz CT molecular complexity index is 591. The maximum Gasteiger partial charge on any atom is 0.251 e. The number of nitrogens with zero attached hydrogens (tertiary/aromatic N) is 3. The van der Waals surface area contributed by atoms with Gasteiger partial charge < -0.3 is 5.73 Å². The minimum absolute atomic E-state index is 0.235. The predicted molar refractivity (Wildman–Crippen MR) is 66.1 cm³/mol. The molecule has 0 saturated carbocycles. The van der Waals surface area contributed by atoms with Gasteiger partial charge in [-0.3, -0.25) is 4.79 Å². The van der Waals surface area contributed by atoms with E-state index >= 15 is 0 Å². The summed E-state index contributed by atoms with van der Waals surface area (Å²) in [4.78, 5) is 15.4. The third-order valence-corrected chi connectivity index (χ3v) is 2.97. The second-order valence-corrected chi connectivity index (χ2v) is 4.24. The number of fused-ring (bicyclic) bond motifs is 1. The van der Waals surface area contributed by atoms with Crippen molar-refractivity contribution in [2.75, 3.05) is 0 Å². The summed E-state index contributed by atoms with van der Waals surface area (Å²) in [6.45, 7) is 4.67. The van der Waals surface area contributed by atoms with Crippen molar-refractivity contribution in [1.82, 2.24) is 14.8 Å². The first-order chi connectivity index (χ1) is 8.06. The summed E-state index contributed by atoms with van der Waals surface area (Å²) in [5, 5.41) is 5.40. The Morgan fingerprint density at radius 1 is 1.59 bits per heavy atom. The van der Waals surface area contributed by atoms with Gasteiger partial charge in [0.2, 0.25) is 0 Å². The van der Waals surface area contributed by atoms with Gasteiger partial charge >= 0.3 is 0 Å². The van der Waals surface area contributed by atoms with Crippen LogP contribution in [0.5, 0.6) is 0 Å². The van der Waals surface area contributed by atoms with Crippen molar-refractivity contribution >= 4 is 28.5 Å². The van der Waals surface area contributed by atoms with Crippen LogP contribution in [0.1, 0.15) is 29.4 Å². The molecule has 6 heteroatoms. The lowest BCUT2D eigenvalue weighted by atomic mass is 10.2. The molecule has 0 saturated heterocycles. The van der Waals surface area contributed by atoms with Crippen LogP contribution in [0, 0.1) is 6.92 Å². The second kappa shape index (κ2) is 4.33. The van der Waals surface area contributed by atoms with Crippen LogP contribution in [-0.4, -0.2) is 20.7 Å². The van der Waals surface area contributed by atoms with E-state index in [0.29, 0.717) is 16.1 Å². The summed E-state index contributed by atoms with van der Waals surface area (Å²) in [5.41, 5.74) is 6.92. The molecule has 0 aliphatic heterocycles.